The molecule has 4 atom stereocenters. The number of hydrogen-bond donors (Lipinski definition) is 2. The molecule has 0 spiro atoms. The lowest BCUT2D eigenvalue weighted by atomic mass is 9.75. The third kappa shape index (κ3) is 13.3. The van der Waals surface area contributed by atoms with Gasteiger partial charge in [0.2, 0.25) is 0 Å². The fraction of sp³-hybridized carbons (Fsp3) is 0.750. The first kappa shape index (κ1) is 32.2. The van der Waals surface area contributed by atoms with Crippen molar-refractivity contribution in [3.8, 4) is 0 Å². The Kier molecular flexibility index (Phi) is 16.9. The van der Waals surface area contributed by atoms with Gasteiger partial charge in [-0.25, -0.2) is 0 Å². The van der Waals surface area contributed by atoms with Crippen molar-refractivity contribution in [1.29, 1.82) is 0 Å². The van der Waals surface area contributed by atoms with E-state index in [0.717, 1.165) is 53.2 Å². The van der Waals surface area contributed by atoms with E-state index in [1.807, 2.05) is 13.8 Å². The lowest BCUT2D eigenvalue weighted by Gasteiger charge is -2.31. The highest BCUT2D eigenvalue weighted by Crippen LogP contribution is 2.38. The maximum Gasteiger partial charge on any atom is 0.131 e. The molecular formula is C32H56ClNO. The summed E-state index contributed by atoms with van der Waals surface area (Å²) in [6.07, 6.45) is 23.1. The van der Waals surface area contributed by atoms with Gasteiger partial charge in [-0.2, -0.15) is 0 Å². The Balaban J connectivity index is 0.000000330. The van der Waals surface area contributed by atoms with Gasteiger partial charge in [-0.05, 0) is 94.6 Å². The molecule has 0 heterocycles. The molecule has 3 rings (SSSR count). The zero-order valence-corrected chi connectivity index (χ0v) is 24.6. The van der Waals surface area contributed by atoms with Gasteiger partial charge in [-0.15, -0.1) is 0 Å². The Morgan fingerprint density at radius 1 is 1.03 bits per heavy atom. The van der Waals surface area contributed by atoms with Crippen molar-refractivity contribution in [2.24, 2.45) is 17.8 Å². The molecule has 1 saturated carbocycles. The normalized spacial score (nSPS) is 28.4. The van der Waals surface area contributed by atoms with Gasteiger partial charge in [0, 0.05) is 11.1 Å². The first-order valence-electron chi connectivity index (χ1n) is 14.5. The van der Waals surface area contributed by atoms with Crippen molar-refractivity contribution in [3.63, 3.8) is 0 Å². The molecule has 3 heteroatoms. The summed E-state index contributed by atoms with van der Waals surface area (Å²) < 4.78 is 0. The second-order valence-corrected chi connectivity index (χ2v) is 11.7. The van der Waals surface area contributed by atoms with Crippen LogP contribution in [0.2, 0.25) is 0 Å². The highest BCUT2D eigenvalue weighted by Gasteiger charge is 2.24. The van der Waals surface area contributed by atoms with Gasteiger partial charge >= 0.3 is 0 Å². The van der Waals surface area contributed by atoms with Gasteiger partial charge in [0.15, 0.2) is 0 Å². The molecule has 1 fully saturated rings. The average Bonchev–Trinajstić information content (AvgIpc) is 2.91. The highest BCUT2D eigenvalue weighted by molar-refractivity contribution is 6.29. The Morgan fingerprint density at radius 2 is 1.63 bits per heavy atom. The minimum atomic E-state index is -0.601. The van der Waals surface area contributed by atoms with E-state index in [9.17, 15) is 5.11 Å². The van der Waals surface area contributed by atoms with E-state index in [1.165, 1.54) is 69.8 Å². The second kappa shape index (κ2) is 18.4. The van der Waals surface area contributed by atoms with Crippen LogP contribution in [0.5, 0.6) is 0 Å². The van der Waals surface area contributed by atoms with Gasteiger partial charge in [-0.3, -0.25) is 5.32 Å². The second-order valence-electron chi connectivity index (χ2n) is 11.2. The third-order valence-electron chi connectivity index (χ3n) is 7.74. The van der Waals surface area contributed by atoms with Crippen LogP contribution in [0.1, 0.15) is 125 Å². The number of halogens is 1. The largest absolute Gasteiger partial charge is 0.374 e. The van der Waals surface area contributed by atoms with Crippen LogP contribution in [-0.4, -0.2) is 17.4 Å². The summed E-state index contributed by atoms with van der Waals surface area (Å²) in [7, 11) is 0. The number of nitrogens with one attached hydrogen (secondary N) is 1. The summed E-state index contributed by atoms with van der Waals surface area (Å²) in [6, 6.07) is 0.121. The Labute approximate surface area is 223 Å². The van der Waals surface area contributed by atoms with E-state index in [-0.39, 0.29) is 6.04 Å². The number of aliphatic hydroxyl groups excluding tert-OH is 1. The summed E-state index contributed by atoms with van der Waals surface area (Å²) in [5.41, 5.74) is 3.27. The summed E-state index contributed by atoms with van der Waals surface area (Å²) in [4.78, 5) is 0. The van der Waals surface area contributed by atoms with Crippen molar-refractivity contribution in [2.45, 2.75) is 137 Å². The molecule has 0 aliphatic heterocycles. The van der Waals surface area contributed by atoms with Crippen LogP contribution in [-0.2, 0) is 0 Å². The van der Waals surface area contributed by atoms with E-state index in [0.29, 0.717) is 0 Å². The lowest BCUT2D eigenvalue weighted by Crippen LogP contribution is -2.38. The monoisotopic (exact) mass is 505 g/mol. The summed E-state index contributed by atoms with van der Waals surface area (Å²) in [5, 5.41) is 14.7. The molecule has 0 aromatic carbocycles. The molecule has 202 valence electrons. The maximum atomic E-state index is 10.4. The first-order chi connectivity index (χ1) is 16.7. The van der Waals surface area contributed by atoms with Crippen molar-refractivity contribution >= 4 is 11.6 Å². The van der Waals surface area contributed by atoms with E-state index in [2.05, 4.69) is 57.8 Å². The van der Waals surface area contributed by atoms with Crippen LogP contribution in [0, 0.1) is 17.8 Å². The SMILES string of the molecule is C=C(C)C(C)NC(O)C1=C/CCC(C)CC\C=C\1C.CCC.ClC1=CCC(C2CCCCC2)CC1. The molecule has 0 saturated heterocycles. The summed E-state index contributed by atoms with van der Waals surface area (Å²) in [5.74, 6) is 2.75. The topological polar surface area (TPSA) is 32.3 Å². The molecule has 2 N–H and O–H groups in total. The van der Waals surface area contributed by atoms with Crippen LogP contribution < -0.4 is 5.32 Å². The predicted octanol–water partition coefficient (Wildman–Crippen LogP) is 9.85. The maximum absolute atomic E-state index is 10.4. The Morgan fingerprint density at radius 3 is 2.17 bits per heavy atom. The molecule has 0 aromatic rings. The zero-order valence-electron chi connectivity index (χ0n) is 23.8. The van der Waals surface area contributed by atoms with Gasteiger partial charge < -0.3 is 5.11 Å². The smallest absolute Gasteiger partial charge is 0.131 e. The van der Waals surface area contributed by atoms with Crippen molar-refractivity contribution in [3.05, 3.63) is 46.6 Å². The average molecular weight is 506 g/mol. The lowest BCUT2D eigenvalue weighted by molar-refractivity contribution is 0.166. The van der Waals surface area contributed by atoms with Crippen LogP contribution in [0.15, 0.2) is 46.6 Å². The fourth-order valence-corrected chi connectivity index (χ4v) is 5.38. The van der Waals surface area contributed by atoms with E-state index >= 15 is 0 Å². The van der Waals surface area contributed by atoms with Crippen LogP contribution >= 0.6 is 11.6 Å². The Bertz CT molecular complexity index is 686. The van der Waals surface area contributed by atoms with Gasteiger partial charge in [-0.1, -0.05) is 101 Å². The van der Waals surface area contributed by atoms with E-state index in [1.54, 1.807) is 0 Å². The third-order valence-corrected chi connectivity index (χ3v) is 8.09. The van der Waals surface area contributed by atoms with Gasteiger partial charge in [0.1, 0.15) is 6.23 Å². The zero-order chi connectivity index (χ0) is 26.2. The van der Waals surface area contributed by atoms with Crippen LogP contribution in [0.25, 0.3) is 0 Å². The van der Waals surface area contributed by atoms with Crippen LogP contribution in [0.4, 0.5) is 0 Å². The highest BCUT2D eigenvalue weighted by atomic mass is 35.5. The molecular weight excluding hydrogens is 450 g/mol. The molecule has 4 unspecified atom stereocenters. The van der Waals surface area contributed by atoms with Gasteiger partial charge in [0.05, 0.1) is 0 Å². The quantitative estimate of drug-likeness (QED) is 0.287. The molecule has 0 radical (unpaired) electrons. The number of aliphatic hydroxyl groups is 1. The standard InChI is InChI=1S/C17H29NO.C12H19Cl.C3H8/c1-12(2)15(5)18-17(19)16-11-7-9-13(3)8-6-10-14(16)4;13-12-8-6-11(7-9-12)10-4-2-1-3-5-10;1-3-2/h10-11,13,15,17-19H,1,6-9H2,2-5H3;8,10-11H,1-7,9H2;3H2,1-2H3/b14-10+,16-11+;;. The summed E-state index contributed by atoms with van der Waals surface area (Å²) in [6.45, 7) is 16.6. The fourth-order valence-electron chi connectivity index (χ4n) is 5.18. The summed E-state index contributed by atoms with van der Waals surface area (Å²) >= 11 is 5.98. The molecule has 0 amide bonds. The van der Waals surface area contributed by atoms with Crippen molar-refractivity contribution in [1.82, 2.24) is 5.32 Å². The van der Waals surface area contributed by atoms with Crippen molar-refractivity contribution in [2.75, 3.05) is 0 Å². The minimum absolute atomic E-state index is 0.121. The molecule has 3 aliphatic carbocycles. The van der Waals surface area contributed by atoms with Gasteiger partial charge in [0.25, 0.3) is 0 Å². The predicted molar refractivity (Wildman–Crippen MR) is 157 cm³/mol. The number of rotatable bonds is 5. The minimum Gasteiger partial charge on any atom is -0.374 e. The van der Waals surface area contributed by atoms with Crippen molar-refractivity contribution < 1.29 is 5.11 Å². The molecule has 0 bridgehead atoms. The molecule has 35 heavy (non-hydrogen) atoms. The van der Waals surface area contributed by atoms with E-state index < -0.39 is 6.23 Å². The first-order valence-corrected chi connectivity index (χ1v) is 14.9. The Hall–Kier alpha value is -0.830. The molecule has 3 aliphatic rings. The number of allylic oxidation sites excluding steroid dienone is 4. The molecule has 2 nitrogen and oxygen atoms in total. The number of hydrogen-bond acceptors (Lipinski definition) is 2. The van der Waals surface area contributed by atoms with E-state index in [4.69, 9.17) is 11.6 Å². The van der Waals surface area contributed by atoms with Crippen LogP contribution in [0.3, 0.4) is 0 Å². The molecule has 0 aromatic heterocycles.